The molecule has 2 N–H and O–H groups in total. The second kappa shape index (κ2) is 7.84. The number of benzene rings is 2. The van der Waals surface area contributed by atoms with Crippen molar-refractivity contribution in [1.29, 1.82) is 5.26 Å². The van der Waals surface area contributed by atoms with E-state index < -0.39 is 0 Å². The van der Waals surface area contributed by atoms with Gasteiger partial charge in [-0.2, -0.15) is 5.26 Å². The number of rotatable bonds is 6. The summed E-state index contributed by atoms with van der Waals surface area (Å²) < 4.78 is 0. The van der Waals surface area contributed by atoms with Gasteiger partial charge in [0.05, 0.1) is 17.7 Å². The minimum absolute atomic E-state index is 0.00334. The largest absolute Gasteiger partial charge is 0.385 e. The Bertz CT molecular complexity index is 644. The van der Waals surface area contributed by atoms with E-state index in [0.29, 0.717) is 18.5 Å². The van der Waals surface area contributed by atoms with Crippen LogP contribution in [0.4, 0.5) is 5.69 Å². The van der Waals surface area contributed by atoms with E-state index >= 15 is 0 Å². The van der Waals surface area contributed by atoms with Crippen molar-refractivity contribution >= 4 is 11.6 Å². The van der Waals surface area contributed by atoms with E-state index in [-0.39, 0.29) is 11.9 Å². The standard InChI is InChI=1S/C18H19N3O/c1-14(16-5-3-2-4-6-16)21-18(22)11-12-20-17-9-7-15(13-19)8-10-17/h2-10,14,20H,11-12H2,1H3,(H,21,22). The van der Waals surface area contributed by atoms with Crippen molar-refractivity contribution in [2.24, 2.45) is 0 Å². The average Bonchev–Trinajstić information content (AvgIpc) is 2.56. The van der Waals surface area contributed by atoms with Gasteiger partial charge in [0.2, 0.25) is 5.91 Å². The van der Waals surface area contributed by atoms with Crippen molar-refractivity contribution in [3.05, 3.63) is 65.7 Å². The lowest BCUT2D eigenvalue weighted by Crippen LogP contribution is -2.28. The second-order valence-corrected chi connectivity index (χ2v) is 5.07. The molecule has 0 bridgehead atoms. The smallest absolute Gasteiger partial charge is 0.222 e. The average molecular weight is 293 g/mol. The highest BCUT2D eigenvalue weighted by molar-refractivity contribution is 5.77. The van der Waals surface area contributed by atoms with Gasteiger partial charge in [-0.05, 0) is 36.8 Å². The molecule has 0 aliphatic heterocycles. The highest BCUT2D eigenvalue weighted by atomic mass is 16.1. The summed E-state index contributed by atoms with van der Waals surface area (Å²) in [6, 6.07) is 19.1. The van der Waals surface area contributed by atoms with Crippen LogP contribution in [0.15, 0.2) is 54.6 Å². The predicted molar refractivity (Wildman–Crippen MR) is 87.3 cm³/mol. The molecule has 2 aromatic rings. The monoisotopic (exact) mass is 293 g/mol. The number of nitriles is 1. The molecule has 2 rings (SSSR count). The number of nitrogens with one attached hydrogen (secondary N) is 2. The number of hydrogen-bond donors (Lipinski definition) is 2. The highest BCUT2D eigenvalue weighted by Crippen LogP contribution is 2.11. The third kappa shape index (κ3) is 4.64. The Morgan fingerprint density at radius 1 is 1.14 bits per heavy atom. The van der Waals surface area contributed by atoms with Crippen LogP contribution >= 0.6 is 0 Å². The maximum Gasteiger partial charge on any atom is 0.222 e. The van der Waals surface area contributed by atoms with Crippen LogP contribution in [0.5, 0.6) is 0 Å². The summed E-state index contributed by atoms with van der Waals surface area (Å²) in [5.74, 6) is 0.0116. The Hall–Kier alpha value is -2.80. The number of hydrogen-bond acceptors (Lipinski definition) is 3. The van der Waals surface area contributed by atoms with Crippen LogP contribution < -0.4 is 10.6 Å². The van der Waals surface area contributed by atoms with Gasteiger partial charge in [-0.3, -0.25) is 4.79 Å². The molecular formula is C18H19N3O. The Morgan fingerprint density at radius 3 is 2.45 bits per heavy atom. The molecular weight excluding hydrogens is 274 g/mol. The number of carbonyl (C=O) groups is 1. The first-order chi connectivity index (χ1) is 10.7. The molecule has 0 saturated heterocycles. The van der Waals surface area contributed by atoms with Crippen LogP contribution in [0.3, 0.4) is 0 Å². The fourth-order valence-corrected chi connectivity index (χ4v) is 2.12. The molecule has 112 valence electrons. The van der Waals surface area contributed by atoms with Crippen LogP contribution in [-0.4, -0.2) is 12.5 Å². The topological polar surface area (TPSA) is 64.9 Å². The summed E-state index contributed by atoms with van der Waals surface area (Å²) in [6.07, 6.45) is 0.400. The lowest BCUT2D eigenvalue weighted by molar-refractivity contribution is -0.121. The van der Waals surface area contributed by atoms with Gasteiger partial charge in [-0.15, -0.1) is 0 Å². The van der Waals surface area contributed by atoms with Crippen molar-refractivity contribution in [1.82, 2.24) is 5.32 Å². The van der Waals surface area contributed by atoms with Crippen LogP contribution in [0.25, 0.3) is 0 Å². The zero-order chi connectivity index (χ0) is 15.8. The third-order valence-electron chi connectivity index (χ3n) is 3.37. The van der Waals surface area contributed by atoms with E-state index in [2.05, 4.69) is 16.7 Å². The van der Waals surface area contributed by atoms with Gasteiger partial charge in [0.25, 0.3) is 0 Å². The fourth-order valence-electron chi connectivity index (χ4n) is 2.12. The molecule has 0 aromatic heterocycles. The molecule has 22 heavy (non-hydrogen) atoms. The molecule has 0 aliphatic carbocycles. The van der Waals surface area contributed by atoms with E-state index in [1.807, 2.05) is 49.4 Å². The quantitative estimate of drug-likeness (QED) is 0.859. The van der Waals surface area contributed by atoms with Gasteiger partial charge in [-0.1, -0.05) is 30.3 Å². The normalized spacial score (nSPS) is 11.3. The van der Waals surface area contributed by atoms with E-state index in [9.17, 15) is 4.79 Å². The van der Waals surface area contributed by atoms with Crippen molar-refractivity contribution < 1.29 is 4.79 Å². The first-order valence-corrected chi connectivity index (χ1v) is 7.27. The Kier molecular flexibility index (Phi) is 5.56. The molecule has 1 unspecified atom stereocenters. The maximum atomic E-state index is 11.9. The zero-order valence-electron chi connectivity index (χ0n) is 12.5. The van der Waals surface area contributed by atoms with Crippen LogP contribution in [0.1, 0.15) is 30.5 Å². The molecule has 4 heteroatoms. The SMILES string of the molecule is CC(NC(=O)CCNc1ccc(C#N)cc1)c1ccccc1. The van der Waals surface area contributed by atoms with E-state index in [1.165, 1.54) is 0 Å². The van der Waals surface area contributed by atoms with Gasteiger partial charge in [-0.25, -0.2) is 0 Å². The van der Waals surface area contributed by atoms with Gasteiger partial charge < -0.3 is 10.6 Å². The molecule has 0 fully saturated rings. The lowest BCUT2D eigenvalue weighted by Gasteiger charge is -2.14. The predicted octanol–water partition coefficient (Wildman–Crippen LogP) is 3.24. The van der Waals surface area contributed by atoms with Crippen molar-refractivity contribution in [2.45, 2.75) is 19.4 Å². The summed E-state index contributed by atoms with van der Waals surface area (Å²) in [5, 5.41) is 14.9. The zero-order valence-corrected chi connectivity index (χ0v) is 12.5. The maximum absolute atomic E-state index is 11.9. The summed E-state index contributed by atoms with van der Waals surface area (Å²) in [4.78, 5) is 11.9. The summed E-state index contributed by atoms with van der Waals surface area (Å²) in [6.45, 7) is 2.53. The molecule has 0 heterocycles. The molecule has 1 amide bonds. The molecule has 0 radical (unpaired) electrons. The molecule has 0 spiro atoms. The van der Waals surface area contributed by atoms with Gasteiger partial charge >= 0.3 is 0 Å². The van der Waals surface area contributed by atoms with Gasteiger partial charge in [0.1, 0.15) is 0 Å². The fraction of sp³-hybridized carbons (Fsp3) is 0.222. The van der Waals surface area contributed by atoms with E-state index in [0.717, 1.165) is 11.3 Å². The number of amides is 1. The molecule has 4 nitrogen and oxygen atoms in total. The van der Waals surface area contributed by atoms with Crippen LogP contribution in [0.2, 0.25) is 0 Å². The summed E-state index contributed by atoms with van der Waals surface area (Å²) in [7, 11) is 0. The van der Waals surface area contributed by atoms with Crippen molar-refractivity contribution in [3.8, 4) is 6.07 Å². The minimum atomic E-state index is 0.00334. The number of anilines is 1. The van der Waals surface area contributed by atoms with Crippen molar-refractivity contribution in [3.63, 3.8) is 0 Å². The molecule has 2 aromatic carbocycles. The van der Waals surface area contributed by atoms with Crippen molar-refractivity contribution in [2.75, 3.05) is 11.9 Å². The van der Waals surface area contributed by atoms with E-state index in [1.54, 1.807) is 12.1 Å². The minimum Gasteiger partial charge on any atom is -0.385 e. The molecule has 0 aliphatic rings. The third-order valence-corrected chi connectivity index (χ3v) is 3.37. The number of carbonyl (C=O) groups excluding carboxylic acids is 1. The molecule has 0 saturated carbocycles. The summed E-state index contributed by atoms with van der Waals surface area (Å²) >= 11 is 0. The molecule has 1 atom stereocenters. The van der Waals surface area contributed by atoms with Gasteiger partial charge in [0.15, 0.2) is 0 Å². The van der Waals surface area contributed by atoms with Gasteiger partial charge in [0, 0.05) is 18.7 Å². The van der Waals surface area contributed by atoms with E-state index in [4.69, 9.17) is 5.26 Å². The van der Waals surface area contributed by atoms with Crippen LogP contribution in [-0.2, 0) is 4.79 Å². The van der Waals surface area contributed by atoms with Crippen LogP contribution in [0, 0.1) is 11.3 Å². The first-order valence-electron chi connectivity index (χ1n) is 7.27. The lowest BCUT2D eigenvalue weighted by atomic mass is 10.1. The Morgan fingerprint density at radius 2 is 1.82 bits per heavy atom. The second-order valence-electron chi connectivity index (χ2n) is 5.07. The summed E-state index contributed by atoms with van der Waals surface area (Å²) in [5.41, 5.74) is 2.62. The Labute approximate surface area is 130 Å². The number of nitrogens with zero attached hydrogens (tertiary/aromatic N) is 1. The first kappa shape index (κ1) is 15.6. The highest BCUT2D eigenvalue weighted by Gasteiger charge is 2.08. The Balaban J connectivity index is 1.74.